The standard InChI is InChI=1S/C21H21ClN4O2/c1-14-11-19(20(27)23-12-16-5-9-18(28-2)10-6-16)26-21(25-14)24-13-15-3-7-17(22)8-4-15/h3-11H,12-13H2,1-2H3,(H,23,27)(H,24,25,26). The molecule has 0 aliphatic rings. The number of amides is 1. The van der Waals surface area contributed by atoms with Gasteiger partial charge in [0.1, 0.15) is 11.4 Å². The number of rotatable bonds is 7. The maximum atomic E-state index is 12.5. The lowest BCUT2D eigenvalue weighted by molar-refractivity contribution is 0.0945. The number of aromatic nitrogens is 2. The van der Waals surface area contributed by atoms with Gasteiger partial charge in [0.2, 0.25) is 5.95 Å². The Labute approximate surface area is 168 Å². The first-order chi connectivity index (χ1) is 13.5. The monoisotopic (exact) mass is 396 g/mol. The smallest absolute Gasteiger partial charge is 0.270 e. The van der Waals surface area contributed by atoms with Crippen molar-refractivity contribution in [2.75, 3.05) is 12.4 Å². The normalized spacial score (nSPS) is 10.4. The molecule has 3 rings (SSSR count). The largest absolute Gasteiger partial charge is 0.497 e. The van der Waals surface area contributed by atoms with Crippen LogP contribution >= 0.6 is 11.6 Å². The van der Waals surface area contributed by atoms with Gasteiger partial charge in [0, 0.05) is 23.8 Å². The highest BCUT2D eigenvalue weighted by Crippen LogP contribution is 2.13. The lowest BCUT2D eigenvalue weighted by Crippen LogP contribution is -2.24. The molecular formula is C21H21ClN4O2. The topological polar surface area (TPSA) is 76.1 Å². The molecule has 28 heavy (non-hydrogen) atoms. The number of carbonyl (C=O) groups is 1. The van der Waals surface area contributed by atoms with E-state index in [1.54, 1.807) is 13.2 Å². The number of aryl methyl sites for hydroxylation is 1. The Hall–Kier alpha value is -3.12. The summed E-state index contributed by atoms with van der Waals surface area (Å²) in [5.41, 5.74) is 3.05. The fraction of sp³-hybridized carbons (Fsp3) is 0.190. The van der Waals surface area contributed by atoms with Crippen molar-refractivity contribution in [2.45, 2.75) is 20.0 Å². The van der Waals surface area contributed by atoms with Gasteiger partial charge >= 0.3 is 0 Å². The first kappa shape index (κ1) is 19.6. The van der Waals surface area contributed by atoms with Gasteiger partial charge in [-0.25, -0.2) is 9.97 Å². The van der Waals surface area contributed by atoms with Crippen LogP contribution in [0.5, 0.6) is 5.75 Å². The van der Waals surface area contributed by atoms with Gasteiger partial charge in [-0.2, -0.15) is 0 Å². The number of hydrogen-bond acceptors (Lipinski definition) is 5. The fourth-order valence-corrected chi connectivity index (χ4v) is 2.69. The molecule has 0 atom stereocenters. The van der Waals surface area contributed by atoms with Crippen LogP contribution in [0.1, 0.15) is 27.3 Å². The Morgan fingerprint density at radius 2 is 1.64 bits per heavy atom. The fourth-order valence-electron chi connectivity index (χ4n) is 2.56. The average molecular weight is 397 g/mol. The van der Waals surface area contributed by atoms with Crippen LogP contribution in [0, 0.1) is 6.92 Å². The first-order valence-electron chi connectivity index (χ1n) is 8.78. The van der Waals surface area contributed by atoms with Crippen molar-refractivity contribution in [1.29, 1.82) is 0 Å². The summed E-state index contributed by atoms with van der Waals surface area (Å²) >= 11 is 5.90. The van der Waals surface area contributed by atoms with E-state index in [0.29, 0.717) is 35.4 Å². The van der Waals surface area contributed by atoms with Gasteiger partial charge < -0.3 is 15.4 Å². The number of nitrogens with zero attached hydrogens (tertiary/aromatic N) is 2. The number of hydrogen-bond donors (Lipinski definition) is 2. The molecule has 0 fully saturated rings. The summed E-state index contributed by atoms with van der Waals surface area (Å²) in [6, 6.07) is 16.7. The average Bonchev–Trinajstić information content (AvgIpc) is 2.71. The van der Waals surface area contributed by atoms with E-state index >= 15 is 0 Å². The van der Waals surface area contributed by atoms with E-state index in [1.165, 1.54) is 0 Å². The molecule has 0 spiro atoms. The van der Waals surface area contributed by atoms with Crippen molar-refractivity contribution >= 4 is 23.5 Å². The van der Waals surface area contributed by atoms with Gasteiger partial charge in [-0.3, -0.25) is 4.79 Å². The second-order valence-corrected chi connectivity index (χ2v) is 6.67. The second kappa shape index (κ2) is 9.19. The summed E-state index contributed by atoms with van der Waals surface area (Å²) in [7, 11) is 1.62. The van der Waals surface area contributed by atoms with E-state index in [4.69, 9.17) is 16.3 Å². The zero-order valence-electron chi connectivity index (χ0n) is 15.7. The Kier molecular flexibility index (Phi) is 6.45. The molecule has 0 unspecified atom stereocenters. The van der Waals surface area contributed by atoms with Crippen LogP contribution in [0.4, 0.5) is 5.95 Å². The van der Waals surface area contributed by atoms with Gasteiger partial charge in [-0.1, -0.05) is 35.9 Å². The van der Waals surface area contributed by atoms with Crippen molar-refractivity contribution in [3.05, 3.63) is 82.1 Å². The Bertz CT molecular complexity index is 944. The summed E-state index contributed by atoms with van der Waals surface area (Å²) in [6.45, 7) is 2.77. The maximum absolute atomic E-state index is 12.5. The quantitative estimate of drug-likeness (QED) is 0.631. The molecular weight excluding hydrogens is 376 g/mol. The van der Waals surface area contributed by atoms with Crippen LogP contribution in [0.2, 0.25) is 5.02 Å². The summed E-state index contributed by atoms with van der Waals surface area (Å²) < 4.78 is 5.13. The number of benzene rings is 2. The Morgan fingerprint density at radius 1 is 1.00 bits per heavy atom. The van der Waals surface area contributed by atoms with Crippen LogP contribution in [0.3, 0.4) is 0 Å². The molecule has 2 aromatic carbocycles. The highest BCUT2D eigenvalue weighted by Gasteiger charge is 2.10. The van der Waals surface area contributed by atoms with Crippen molar-refractivity contribution in [1.82, 2.24) is 15.3 Å². The van der Waals surface area contributed by atoms with Crippen LogP contribution < -0.4 is 15.4 Å². The lowest BCUT2D eigenvalue weighted by Gasteiger charge is -2.09. The molecule has 3 aromatic rings. The predicted octanol–water partition coefficient (Wildman–Crippen LogP) is 3.99. The van der Waals surface area contributed by atoms with Gasteiger partial charge in [0.15, 0.2) is 0 Å². The minimum atomic E-state index is -0.254. The molecule has 0 bridgehead atoms. The van der Waals surface area contributed by atoms with Crippen LogP contribution in [0.15, 0.2) is 54.6 Å². The van der Waals surface area contributed by atoms with E-state index in [9.17, 15) is 4.79 Å². The Morgan fingerprint density at radius 3 is 2.32 bits per heavy atom. The minimum absolute atomic E-state index is 0.254. The zero-order valence-corrected chi connectivity index (χ0v) is 16.5. The lowest BCUT2D eigenvalue weighted by atomic mass is 10.2. The molecule has 0 saturated heterocycles. The van der Waals surface area contributed by atoms with Crippen LogP contribution in [0.25, 0.3) is 0 Å². The minimum Gasteiger partial charge on any atom is -0.497 e. The van der Waals surface area contributed by atoms with Gasteiger partial charge in [-0.05, 0) is 48.4 Å². The van der Waals surface area contributed by atoms with Gasteiger partial charge in [0.05, 0.1) is 7.11 Å². The number of nitrogens with one attached hydrogen (secondary N) is 2. The molecule has 1 aromatic heterocycles. The summed E-state index contributed by atoms with van der Waals surface area (Å²) in [5.74, 6) is 0.929. The van der Waals surface area contributed by atoms with Crippen LogP contribution in [-0.4, -0.2) is 23.0 Å². The van der Waals surface area contributed by atoms with E-state index in [2.05, 4.69) is 20.6 Å². The highest BCUT2D eigenvalue weighted by molar-refractivity contribution is 6.30. The SMILES string of the molecule is COc1ccc(CNC(=O)c2cc(C)nc(NCc3ccc(Cl)cc3)n2)cc1. The summed E-state index contributed by atoms with van der Waals surface area (Å²) in [4.78, 5) is 21.2. The first-order valence-corrected chi connectivity index (χ1v) is 9.16. The number of carbonyl (C=O) groups excluding carboxylic acids is 1. The molecule has 0 saturated carbocycles. The molecule has 7 heteroatoms. The maximum Gasteiger partial charge on any atom is 0.270 e. The molecule has 1 amide bonds. The van der Waals surface area contributed by atoms with Gasteiger partial charge in [-0.15, -0.1) is 0 Å². The third kappa shape index (κ3) is 5.44. The third-order valence-electron chi connectivity index (χ3n) is 4.06. The summed E-state index contributed by atoms with van der Waals surface area (Å²) in [6.07, 6.45) is 0. The van der Waals surface area contributed by atoms with Gasteiger partial charge in [0.25, 0.3) is 5.91 Å². The summed E-state index contributed by atoms with van der Waals surface area (Å²) in [5, 5.41) is 6.70. The van der Waals surface area contributed by atoms with Crippen molar-refractivity contribution in [3.63, 3.8) is 0 Å². The van der Waals surface area contributed by atoms with Crippen LogP contribution in [-0.2, 0) is 13.1 Å². The third-order valence-corrected chi connectivity index (χ3v) is 4.31. The molecule has 0 aliphatic carbocycles. The number of methoxy groups -OCH3 is 1. The van der Waals surface area contributed by atoms with Crippen molar-refractivity contribution in [3.8, 4) is 5.75 Å². The van der Waals surface area contributed by atoms with E-state index in [1.807, 2.05) is 55.5 Å². The number of anilines is 1. The molecule has 0 radical (unpaired) electrons. The van der Waals surface area contributed by atoms with Crippen molar-refractivity contribution in [2.24, 2.45) is 0 Å². The molecule has 1 heterocycles. The molecule has 0 aliphatic heterocycles. The zero-order chi connectivity index (χ0) is 19.9. The van der Waals surface area contributed by atoms with E-state index in [0.717, 1.165) is 16.9 Å². The molecule has 2 N–H and O–H groups in total. The van der Waals surface area contributed by atoms with Crippen molar-refractivity contribution < 1.29 is 9.53 Å². The molecule has 144 valence electrons. The second-order valence-electron chi connectivity index (χ2n) is 6.23. The van der Waals surface area contributed by atoms with E-state index in [-0.39, 0.29) is 5.91 Å². The van der Waals surface area contributed by atoms with E-state index < -0.39 is 0 Å². The highest BCUT2D eigenvalue weighted by atomic mass is 35.5. The molecule has 6 nitrogen and oxygen atoms in total. The predicted molar refractivity (Wildman–Crippen MR) is 110 cm³/mol. The number of halogens is 1. The number of ether oxygens (including phenoxy) is 1. The Balaban J connectivity index is 1.62.